The largest absolute Gasteiger partial charge is 0.393 e. The predicted molar refractivity (Wildman–Crippen MR) is 55.3 cm³/mol. The molecule has 0 aromatic heterocycles. The van der Waals surface area contributed by atoms with Gasteiger partial charge in [-0.2, -0.15) is 0 Å². The van der Waals surface area contributed by atoms with Gasteiger partial charge in [0, 0.05) is 19.7 Å². The Hall–Kier alpha value is -0.120. The van der Waals surface area contributed by atoms with Gasteiger partial charge in [0.25, 0.3) is 0 Å². The minimum atomic E-state index is -0.0653. The molecule has 2 unspecified atom stereocenters. The summed E-state index contributed by atoms with van der Waals surface area (Å²) in [5, 5.41) is 9.51. The Morgan fingerprint density at radius 3 is 2.86 bits per heavy atom. The van der Waals surface area contributed by atoms with Gasteiger partial charge in [-0.05, 0) is 38.6 Å². The zero-order chi connectivity index (χ0) is 9.80. The number of rotatable bonds is 2. The van der Waals surface area contributed by atoms with E-state index in [1.54, 1.807) is 0 Å². The topological polar surface area (TPSA) is 32.7 Å². The molecule has 0 saturated carbocycles. The number of hydrogen-bond acceptors (Lipinski definition) is 3. The molecule has 2 fully saturated rings. The van der Waals surface area contributed by atoms with Crippen molar-refractivity contribution in [3.8, 4) is 0 Å². The van der Waals surface area contributed by atoms with Gasteiger partial charge in [-0.3, -0.25) is 0 Å². The molecule has 14 heavy (non-hydrogen) atoms. The van der Waals surface area contributed by atoms with Gasteiger partial charge in [-0.25, -0.2) is 0 Å². The van der Waals surface area contributed by atoms with Crippen molar-refractivity contribution in [2.45, 2.75) is 44.3 Å². The highest BCUT2D eigenvalue weighted by atomic mass is 16.5. The summed E-state index contributed by atoms with van der Waals surface area (Å²) in [6.07, 6.45) is 5.89. The Morgan fingerprint density at radius 2 is 2.07 bits per heavy atom. The van der Waals surface area contributed by atoms with Gasteiger partial charge in [0.05, 0.1) is 12.2 Å². The van der Waals surface area contributed by atoms with Crippen molar-refractivity contribution in [2.24, 2.45) is 0 Å². The van der Waals surface area contributed by atoms with Gasteiger partial charge in [0.2, 0.25) is 0 Å². The molecule has 2 aliphatic heterocycles. The minimum Gasteiger partial charge on any atom is -0.393 e. The van der Waals surface area contributed by atoms with Crippen molar-refractivity contribution >= 4 is 0 Å². The van der Waals surface area contributed by atoms with Gasteiger partial charge in [-0.15, -0.1) is 0 Å². The van der Waals surface area contributed by atoms with Crippen LogP contribution in [0.2, 0.25) is 0 Å². The number of aliphatic hydroxyl groups is 1. The number of likely N-dealkylation sites (tertiary alicyclic amines) is 1. The average molecular weight is 199 g/mol. The molecule has 2 atom stereocenters. The number of aliphatic hydroxyl groups excluding tert-OH is 1. The van der Waals surface area contributed by atoms with Crippen LogP contribution in [-0.2, 0) is 4.74 Å². The highest BCUT2D eigenvalue weighted by Crippen LogP contribution is 2.16. The maximum absolute atomic E-state index is 9.51. The van der Waals surface area contributed by atoms with Crippen LogP contribution >= 0.6 is 0 Å². The first kappa shape index (κ1) is 10.4. The summed E-state index contributed by atoms with van der Waals surface area (Å²) >= 11 is 0. The number of ether oxygens (including phenoxy) is 1. The fourth-order valence-electron chi connectivity index (χ4n) is 2.40. The van der Waals surface area contributed by atoms with Gasteiger partial charge in [0.1, 0.15) is 0 Å². The van der Waals surface area contributed by atoms with Crippen LogP contribution in [0.3, 0.4) is 0 Å². The van der Waals surface area contributed by atoms with E-state index in [4.69, 9.17) is 4.74 Å². The van der Waals surface area contributed by atoms with E-state index in [0.29, 0.717) is 6.10 Å². The molecule has 2 aliphatic rings. The van der Waals surface area contributed by atoms with E-state index >= 15 is 0 Å². The number of nitrogens with zero attached hydrogens (tertiary/aromatic N) is 1. The Morgan fingerprint density at radius 1 is 1.14 bits per heavy atom. The summed E-state index contributed by atoms with van der Waals surface area (Å²) in [6.45, 7) is 4.20. The third kappa shape index (κ3) is 2.94. The second-order valence-electron chi connectivity index (χ2n) is 4.52. The van der Waals surface area contributed by atoms with Gasteiger partial charge in [-0.1, -0.05) is 0 Å². The quantitative estimate of drug-likeness (QED) is 0.720. The summed E-state index contributed by atoms with van der Waals surface area (Å²) in [4.78, 5) is 2.45. The Balaban J connectivity index is 1.73. The molecule has 0 radical (unpaired) electrons. The second kappa shape index (κ2) is 5.10. The van der Waals surface area contributed by atoms with Crippen molar-refractivity contribution in [3.05, 3.63) is 0 Å². The predicted octanol–water partition coefficient (Wildman–Crippen LogP) is 1.01. The Bertz CT molecular complexity index is 169. The number of hydrogen-bond donors (Lipinski definition) is 1. The van der Waals surface area contributed by atoms with Gasteiger partial charge in [0.15, 0.2) is 0 Å². The molecule has 0 bridgehead atoms. The van der Waals surface area contributed by atoms with E-state index < -0.39 is 0 Å². The lowest BCUT2D eigenvalue weighted by molar-refractivity contribution is 0.0723. The van der Waals surface area contributed by atoms with E-state index in [1.807, 2.05) is 0 Å². The lowest BCUT2D eigenvalue weighted by Gasteiger charge is -2.22. The smallest absolute Gasteiger partial charge is 0.0702 e. The summed E-state index contributed by atoms with van der Waals surface area (Å²) in [5.74, 6) is 0. The normalized spacial score (nSPS) is 35.8. The highest BCUT2D eigenvalue weighted by Gasteiger charge is 2.21. The van der Waals surface area contributed by atoms with Crippen LogP contribution in [0.25, 0.3) is 0 Å². The molecular formula is C11H21NO2. The van der Waals surface area contributed by atoms with E-state index in [2.05, 4.69) is 4.90 Å². The van der Waals surface area contributed by atoms with E-state index in [-0.39, 0.29) is 6.10 Å². The molecule has 2 heterocycles. The minimum absolute atomic E-state index is 0.0653. The Kier molecular flexibility index (Phi) is 3.79. The van der Waals surface area contributed by atoms with Crippen LogP contribution in [0.1, 0.15) is 32.1 Å². The molecule has 1 N–H and O–H groups in total. The highest BCUT2D eigenvalue weighted by molar-refractivity contribution is 4.74. The molecule has 2 rings (SSSR count). The van der Waals surface area contributed by atoms with E-state index in [1.165, 1.54) is 12.8 Å². The maximum Gasteiger partial charge on any atom is 0.0702 e. The first-order valence-electron chi connectivity index (χ1n) is 5.86. The van der Waals surface area contributed by atoms with Crippen LogP contribution in [0.15, 0.2) is 0 Å². The first-order valence-corrected chi connectivity index (χ1v) is 5.86. The average Bonchev–Trinajstić information content (AvgIpc) is 2.58. The SMILES string of the molecule is OC1CCCN(CC2CCCO2)CC1. The summed E-state index contributed by atoms with van der Waals surface area (Å²) in [5.41, 5.74) is 0. The molecule has 3 nitrogen and oxygen atoms in total. The molecule has 0 spiro atoms. The molecule has 0 aliphatic carbocycles. The van der Waals surface area contributed by atoms with Crippen molar-refractivity contribution in [2.75, 3.05) is 26.2 Å². The van der Waals surface area contributed by atoms with Gasteiger partial charge >= 0.3 is 0 Å². The molecule has 2 saturated heterocycles. The lowest BCUT2D eigenvalue weighted by atomic mass is 10.2. The zero-order valence-electron chi connectivity index (χ0n) is 8.82. The van der Waals surface area contributed by atoms with Crippen LogP contribution in [0.5, 0.6) is 0 Å². The lowest BCUT2D eigenvalue weighted by Crippen LogP contribution is -2.33. The van der Waals surface area contributed by atoms with Crippen LogP contribution in [-0.4, -0.2) is 48.5 Å². The van der Waals surface area contributed by atoms with E-state index in [0.717, 1.165) is 45.5 Å². The van der Waals surface area contributed by atoms with Crippen molar-refractivity contribution in [3.63, 3.8) is 0 Å². The summed E-state index contributed by atoms with van der Waals surface area (Å²) in [7, 11) is 0. The first-order chi connectivity index (χ1) is 6.84. The molecule has 3 heteroatoms. The fraction of sp³-hybridized carbons (Fsp3) is 1.00. The van der Waals surface area contributed by atoms with Crippen LogP contribution < -0.4 is 0 Å². The standard InChI is InChI=1S/C11H21NO2/c13-10-3-1-6-12(7-5-10)9-11-4-2-8-14-11/h10-11,13H,1-9H2. The van der Waals surface area contributed by atoms with Crippen molar-refractivity contribution in [1.29, 1.82) is 0 Å². The second-order valence-corrected chi connectivity index (χ2v) is 4.52. The van der Waals surface area contributed by atoms with Crippen molar-refractivity contribution < 1.29 is 9.84 Å². The maximum atomic E-state index is 9.51. The molecule has 0 aromatic rings. The summed E-state index contributed by atoms with van der Waals surface area (Å²) in [6, 6.07) is 0. The van der Waals surface area contributed by atoms with Crippen molar-refractivity contribution in [1.82, 2.24) is 4.90 Å². The third-order valence-corrected chi connectivity index (χ3v) is 3.28. The molecule has 82 valence electrons. The molecule has 0 amide bonds. The monoisotopic (exact) mass is 199 g/mol. The van der Waals surface area contributed by atoms with Crippen LogP contribution in [0, 0.1) is 0 Å². The Labute approximate surface area is 86.0 Å². The molecular weight excluding hydrogens is 178 g/mol. The van der Waals surface area contributed by atoms with E-state index in [9.17, 15) is 5.11 Å². The summed E-state index contributed by atoms with van der Waals surface area (Å²) < 4.78 is 5.62. The fourth-order valence-corrected chi connectivity index (χ4v) is 2.40. The third-order valence-electron chi connectivity index (χ3n) is 3.28. The van der Waals surface area contributed by atoms with Gasteiger partial charge < -0.3 is 14.7 Å². The van der Waals surface area contributed by atoms with Crippen LogP contribution in [0.4, 0.5) is 0 Å². The zero-order valence-corrected chi connectivity index (χ0v) is 8.82. The molecule has 0 aromatic carbocycles.